The van der Waals surface area contributed by atoms with Gasteiger partial charge in [-0.3, -0.25) is 19.3 Å². The van der Waals surface area contributed by atoms with Gasteiger partial charge in [-0.2, -0.15) is 0 Å². The molecule has 2 amide bonds. The first-order valence-corrected chi connectivity index (χ1v) is 10.1. The normalized spacial score (nSPS) is 28.2. The highest BCUT2D eigenvalue weighted by Gasteiger charge is 2.64. The van der Waals surface area contributed by atoms with Crippen LogP contribution in [-0.2, 0) is 19.1 Å². The van der Waals surface area contributed by atoms with Gasteiger partial charge in [0.15, 0.2) is 5.78 Å². The Labute approximate surface area is 171 Å². The van der Waals surface area contributed by atoms with Gasteiger partial charge in [0.2, 0.25) is 11.8 Å². The maximum atomic E-state index is 13.6. The molecule has 2 saturated heterocycles. The maximum Gasteiger partial charge on any atom is 0.235 e. The van der Waals surface area contributed by atoms with E-state index >= 15 is 0 Å². The monoisotopic (exact) mass is 396 g/mol. The largest absolute Gasteiger partial charge is 0.383 e. The number of anilines is 1. The van der Waals surface area contributed by atoms with Crippen LogP contribution in [0.25, 0.3) is 5.57 Å². The van der Waals surface area contributed by atoms with E-state index in [0.29, 0.717) is 6.61 Å². The molecule has 4 rings (SSSR count). The Morgan fingerprint density at radius 3 is 2.41 bits per heavy atom. The van der Waals surface area contributed by atoms with Gasteiger partial charge in [0, 0.05) is 23.8 Å². The molecule has 3 aliphatic heterocycles. The smallest absolute Gasteiger partial charge is 0.235 e. The van der Waals surface area contributed by atoms with E-state index in [9.17, 15) is 14.4 Å². The summed E-state index contributed by atoms with van der Waals surface area (Å²) in [6.07, 6.45) is 2.06. The van der Waals surface area contributed by atoms with Crippen LogP contribution in [0.1, 0.15) is 33.3 Å². The van der Waals surface area contributed by atoms with Crippen molar-refractivity contribution in [1.82, 2.24) is 4.90 Å². The van der Waals surface area contributed by atoms with Gasteiger partial charge in [-0.05, 0) is 18.6 Å². The van der Waals surface area contributed by atoms with Crippen molar-refractivity contribution >= 4 is 28.9 Å². The van der Waals surface area contributed by atoms with Crippen LogP contribution < -0.4 is 4.90 Å². The number of Topliss-reactive ketones (excluding diaryl/α,β-unsaturated/α-hetero) is 1. The number of para-hydroxylation sites is 1. The number of carbonyl (C=O) groups excluding carboxylic acids is 3. The number of fused-ring (bicyclic) bond motifs is 5. The molecule has 6 heteroatoms. The molecule has 0 radical (unpaired) electrons. The molecule has 0 aromatic heterocycles. The zero-order chi connectivity index (χ0) is 21.1. The second kappa shape index (κ2) is 6.80. The van der Waals surface area contributed by atoms with E-state index in [1.54, 1.807) is 7.11 Å². The van der Waals surface area contributed by atoms with E-state index in [1.165, 1.54) is 4.90 Å². The molecule has 1 aromatic carbocycles. The minimum atomic E-state index is -0.661. The highest BCUT2D eigenvalue weighted by atomic mass is 16.5. The second-order valence-electron chi connectivity index (χ2n) is 9.20. The van der Waals surface area contributed by atoms with E-state index < -0.39 is 23.3 Å². The van der Waals surface area contributed by atoms with E-state index in [0.717, 1.165) is 16.8 Å². The van der Waals surface area contributed by atoms with Crippen LogP contribution in [0.4, 0.5) is 5.69 Å². The number of allylic oxidation sites excluding steroid dienone is 1. The molecule has 29 heavy (non-hydrogen) atoms. The molecule has 0 unspecified atom stereocenters. The number of carbonyl (C=O) groups is 3. The zero-order valence-corrected chi connectivity index (χ0v) is 17.6. The summed E-state index contributed by atoms with van der Waals surface area (Å²) < 4.78 is 5.09. The first-order valence-electron chi connectivity index (χ1n) is 10.1. The quantitative estimate of drug-likeness (QED) is 0.732. The molecular formula is C23H28N2O4. The van der Waals surface area contributed by atoms with Gasteiger partial charge < -0.3 is 9.64 Å². The number of amides is 2. The van der Waals surface area contributed by atoms with Crippen LogP contribution in [0, 0.1) is 17.3 Å². The number of nitrogens with zero attached hydrogens (tertiary/aromatic N) is 2. The Kier molecular flexibility index (Phi) is 4.65. The average Bonchev–Trinajstić information content (AvgIpc) is 3.13. The Morgan fingerprint density at radius 1 is 1.10 bits per heavy atom. The van der Waals surface area contributed by atoms with Crippen LogP contribution >= 0.6 is 0 Å². The van der Waals surface area contributed by atoms with Gasteiger partial charge in [-0.25, -0.2) is 0 Å². The first-order chi connectivity index (χ1) is 13.7. The Bertz CT molecular complexity index is 914. The molecule has 154 valence electrons. The molecule has 6 nitrogen and oxygen atoms in total. The molecule has 0 bridgehead atoms. The number of hydrogen-bond donors (Lipinski definition) is 0. The summed E-state index contributed by atoms with van der Waals surface area (Å²) in [6, 6.07) is 6.97. The summed E-state index contributed by atoms with van der Waals surface area (Å²) in [5.74, 6) is -1.66. The first kappa shape index (κ1) is 19.8. The van der Waals surface area contributed by atoms with Crippen molar-refractivity contribution in [3.63, 3.8) is 0 Å². The molecular weight excluding hydrogens is 368 g/mol. The number of rotatable bonds is 4. The number of benzene rings is 1. The number of methoxy groups -OCH3 is 1. The molecule has 1 aromatic rings. The summed E-state index contributed by atoms with van der Waals surface area (Å²) >= 11 is 0. The van der Waals surface area contributed by atoms with Crippen LogP contribution in [0.3, 0.4) is 0 Å². The van der Waals surface area contributed by atoms with E-state index in [1.807, 2.05) is 56.9 Å². The number of likely N-dealkylation sites (tertiary alicyclic amines) is 1. The summed E-state index contributed by atoms with van der Waals surface area (Å²) in [4.78, 5) is 43.5. The van der Waals surface area contributed by atoms with Crippen molar-refractivity contribution in [3.8, 4) is 0 Å². The standard InChI is InChI=1S/C23H28N2O4/c1-13-12-16-17-18(22(28)24(21(17)27)10-11-29-5)19(20(26)23(2,3)4)25(16)15-9-7-6-8-14(13)15/h6-9,12,16-19H,10-11H2,1-5H3/t16-,17-,18-,19-/m0/s1. The van der Waals surface area contributed by atoms with Gasteiger partial charge in [0.1, 0.15) is 6.04 Å². The van der Waals surface area contributed by atoms with E-state index in [4.69, 9.17) is 4.74 Å². The van der Waals surface area contributed by atoms with Crippen LogP contribution in [0.15, 0.2) is 30.3 Å². The van der Waals surface area contributed by atoms with Crippen LogP contribution in [-0.4, -0.2) is 54.8 Å². The molecule has 0 spiro atoms. The van der Waals surface area contributed by atoms with Gasteiger partial charge >= 0.3 is 0 Å². The van der Waals surface area contributed by atoms with Crippen LogP contribution in [0.5, 0.6) is 0 Å². The summed E-state index contributed by atoms with van der Waals surface area (Å²) in [6.45, 7) is 8.16. The molecule has 0 saturated carbocycles. The number of ether oxygens (including phenoxy) is 1. The minimum absolute atomic E-state index is 0.00695. The Morgan fingerprint density at radius 2 is 1.76 bits per heavy atom. The summed E-state index contributed by atoms with van der Waals surface area (Å²) in [5, 5.41) is 0. The lowest BCUT2D eigenvalue weighted by Gasteiger charge is -2.39. The number of imide groups is 1. The van der Waals surface area contributed by atoms with Crippen molar-refractivity contribution in [2.75, 3.05) is 25.2 Å². The van der Waals surface area contributed by atoms with Crippen molar-refractivity contribution in [2.24, 2.45) is 17.3 Å². The molecule has 0 N–H and O–H groups in total. The van der Waals surface area contributed by atoms with Crippen molar-refractivity contribution in [2.45, 2.75) is 39.8 Å². The second-order valence-corrected chi connectivity index (χ2v) is 9.20. The molecule has 3 aliphatic rings. The lowest BCUT2D eigenvalue weighted by Crippen LogP contribution is -2.51. The van der Waals surface area contributed by atoms with E-state index in [-0.39, 0.29) is 30.2 Å². The number of ketones is 1. The molecule has 3 heterocycles. The fourth-order valence-corrected chi connectivity index (χ4v) is 5.01. The van der Waals surface area contributed by atoms with Crippen molar-refractivity contribution < 1.29 is 19.1 Å². The SMILES string of the molecule is COCCN1C(=O)[C@@H]2[C@H](C1=O)[C@@H](C(=O)C(C)(C)C)N1c3ccccc3C(C)=C[C@@H]21. The fraction of sp³-hybridized carbons (Fsp3) is 0.522. The maximum absolute atomic E-state index is 13.6. The molecule has 4 atom stereocenters. The predicted molar refractivity (Wildman–Crippen MR) is 110 cm³/mol. The lowest BCUT2D eigenvalue weighted by atomic mass is 9.79. The van der Waals surface area contributed by atoms with Crippen molar-refractivity contribution in [3.05, 3.63) is 35.9 Å². The Balaban J connectivity index is 1.86. The number of hydrogen-bond acceptors (Lipinski definition) is 5. The van der Waals surface area contributed by atoms with Gasteiger partial charge in [0.05, 0.1) is 31.0 Å². The highest BCUT2D eigenvalue weighted by Crippen LogP contribution is 2.50. The summed E-state index contributed by atoms with van der Waals surface area (Å²) in [7, 11) is 1.55. The summed E-state index contributed by atoms with van der Waals surface area (Å²) in [5.41, 5.74) is 2.42. The van der Waals surface area contributed by atoms with E-state index in [2.05, 4.69) is 6.08 Å². The highest BCUT2D eigenvalue weighted by molar-refractivity contribution is 6.12. The molecule has 2 fully saturated rings. The van der Waals surface area contributed by atoms with Gasteiger partial charge in [-0.15, -0.1) is 0 Å². The third-order valence-electron chi connectivity index (χ3n) is 6.37. The lowest BCUT2D eigenvalue weighted by molar-refractivity contribution is -0.142. The Hall–Kier alpha value is -2.47. The fourth-order valence-electron chi connectivity index (χ4n) is 5.01. The third kappa shape index (κ3) is 2.84. The van der Waals surface area contributed by atoms with Gasteiger partial charge in [0.25, 0.3) is 0 Å². The van der Waals surface area contributed by atoms with Gasteiger partial charge in [-0.1, -0.05) is 45.0 Å². The average molecular weight is 396 g/mol. The topological polar surface area (TPSA) is 66.9 Å². The zero-order valence-electron chi connectivity index (χ0n) is 17.6. The third-order valence-corrected chi connectivity index (χ3v) is 6.37. The van der Waals surface area contributed by atoms with Crippen LogP contribution in [0.2, 0.25) is 0 Å². The minimum Gasteiger partial charge on any atom is -0.383 e. The molecule has 0 aliphatic carbocycles. The predicted octanol–water partition coefficient (Wildman–Crippen LogP) is 2.52. The van der Waals surface area contributed by atoms with Crippen molar-refractivity contribution in [1.29, 1.82) is 0 Å².